The van der Waals surface area contributed by atoms with E-state index in [4.69, 9.17) is 16.3 Å². The largest absolute Gasteiger partial charge is 0.480 e. The lowest BCUT2D eigenvalue weighted by Crippen LogP contribution is -2.43. The quantitative estimate of drug-likeness (QED) is 0.828. The first-order chi connectivity index (χ1) is 10.9. The molecule has 0 fully saturated rings. The highest BCUT2D eigenvalue weighted by molar-refractivity contribution is 6.32. The summed E-state index contributed by atoms with van der Waals surface area (Å²) in [7, 11) is 0. The average molecular weight is 338 g/mol. The Kier molecular flexibility index (Phi) is 5.66. The van der Waals surface area contributed by atoms with E-state index in [-0.39, 0.29) is 18.4 Å². The summed E-state index contributed by atoms with van der Waals surface area (Å²) >= 11 is 6.03. The summed E-state index contributed by atoms with van der Waals surface area (Å²) in [6, 6.07) is 6.10. The van der Waals surface area contributed by atoms with Crippen molar-refractivity contribution >= 4 is 23.5 Å². The molecule has 1 unspecified atom stereocenters. The van der Waals surface area contributed by atoms with Crippen molar-refractivity contribution in [3.63, 3.8) is 0 Å². The van der Waals surface area contributed by atoms with Gasteiger partial charge in [-0.15, -0.1) is 0 Å². The van der Waals surface area contributed by atoms with E-state index in [1.165, 1.54) is 11.0 Å². The summed E-state index contributed by atoms with van der Waals surface area (Å²) in [5.74, 6) is -0.270. The summed E-state index contributed by atoms with van der Waals surface area (Å²) in [6.07, 6.45) is 2.61. The van der Waals surface area contributed by atoms with E-state index in [2.05, 4.69) is 0 Å². The number of hydrogen-bond acceptors (Lipinski definition) is 3. The molecule has 0 bridgehead atoms. The molecule has 1 amide bonds. The van der Waals surface area contributed by atoms with E-state index in [1.807, 2.05) is 13.8 Å². The molecule has 1 aliphatic rings. The first-order valence-electron chi connectivity index (χ1n) is 7.58. The number of ether oxygens (including phenoxy) is 1. The highest BCUT2D eigenvalue weighted by Crippen LogP contribution is 2.28. The molecular formula is C17H20ClNO4. The molecule has 6 heteroatoms. The molecule has 124 valence electrons. The summed E-state index contributed by atoms with van der Waals surface area (Å²) < 4.78 is 5.64. The Morgan fingerprint density at radius 2 is 2.13 bits per heavy atom. The zero-order valence-electron chi connectivity index (χ0n) is 13.2. The van der Waals surface area contributed by atoms with Gasteiger partial charge in [-0.3, -0.25) is 4.79 Å². The van der Waals surface area contributed by atoms with Crippen LogP contribution in [0.5, 0.6) is 5.75 Å². The zero-order valence-corrected chi connectivity index (χ0v) is 13.9. The maximum atomic E-state index is 12.1. The Balaban J connectivity index is 2.09. The van der Waals surface area contributed by atoms with Crippen molar-refractivity contribution in [3.8, 4) is 5.75 Å². The maximum absolute atomic E-state index is 12.1. The highest BCUT2D eigenvalue weighted by Gasteiger charge is 2.34. The van der Waals surface area contributed by atoms with Crippen LogP contribution in [-0.2, 0) is 9.59 Å². The van der Waals surface area contributed by atoms with E-state index in [0.717, 1.165) is 6.42 Å². The molecule has 0 radical (unpaired) electrons. The Hall–Kier alpha value is -2.01. The second-order valence-corrected chi connectivity index (χ2v) is 6.12. The van der Waals surface area contributed by atoms with Gasteiger partial charge in [-0.05, 0) is 24.5 Å². The Labute approximate surface area is 140 Å². The lowest BCUT2D eigenvalue weighted by molar-refractivity contribution is -0.148. The lowest BCUT2D eigenvalue weighted by Gasteiger charge is -2.26. The third-order valence-corrected chi connectivity index (χ3v) is 4.27. The number of aliphatic carboxylic acids is 1. The fourth-order valence-electron chi connectivity index (χ4n) is 2.42. The van der Waals surface area contributed by atoms with Crippen LogP contribution in [0.1, 0.15) is 26.7 Å². The van der Waals surface area contributed by atoms with Crippen molar-refractivity contribution in [3.05, 3.63) is 41.1 Å². The van der Waals surface area contributed by atoms with Crippen molar-refractivity contribution in [1.29, 1.82) is 0 Å². The molecule has 1 heterocycles. The predicted molar refractivity (Wildman–Crippen MR) is 87.4 cm³/mol. The molecule has 1 aromatic rings. The minimum Gasteiger partial charge on any atom is -0.480 e. The fraction of sp³-hybridized carbons (Fsp3) is 0.412. The summed E-state index contributed by atoms with van der Waals surface area (Å²) in [6.45, 7) is 4.11. The number of hydrogen-bond donors (Lipinski definition) is 1. The van der Waals surface area contributed by atoms with Crippen LogP contribution in [0.25, 0.3) is 0 Å². The van der Waals surface area contributed by atoms with E-state index >= 15 is 0 Å². The normalized spacial score (nSPS) is 16.9. The second kappa shape index (κ2) is 7.51. The number of amides is 1. The molecule has 0 saturated carbocycles. The van der Waals surface area contributed by atoms with E-state index in [1.54, 1.807) is 24.3 Å². The minimum absolute atomic E-state index is 0.136. The van der Waals surface area contributed by atoms with Gasteiger partial charge in [0.05, 0.1) is 11.6 Å². The van der Waals surface area contributed by atoms with Gasteiger partial charge in [-0.2, -0.15) is 0 Å². The predicted octanol–water partition coefficient (Wildman–Crippen LogP) is 3.33. The van der Waals surface area contributed by atoms with Gasteiger partial charge < -0.3 is 14.7 Å². The number of carbonyl (C=O) groups is 2. The molecule has 0 spiro atoms. The molecule has 0 aromatic heterocycles. The van der Waals surface area contributed by atoms with Crippen molar-refractivity contribution in [2.75, 3.05) is 6.54 Å². The Bertz CT molecular complexity index is 629. The average Bonchev–Trinajstić information content (AvgIpc) is 2.87. The first kappa shape index (κ1) is 17.3. The van der Waals surface area contributed by atoms with Gasteiger partial charge in [0.25, 0.3) is 5.91 Å². The number of benzene rings is 1. The van der Waals surface area contributed by atoms with Gasteiger partial charge in [0.15, 0.2) is 0 Å². The molecule has 23 heavy (non-hydrogen) atoms. The van der Waals surface area contributed by atoms with Crippen LogP contribution >= 0.6 is 11.6 Å². The van der Waals surface area contributed by atoms with Crippen LogP contribution < -0.4 is 4.74 Å². The van der Waals surface area contributed by atoms with Crippen LogP contribution in [-0.4, -0.2) is 34.5 Å². The SMILES string of the molecule is CCC(C)C[C@H](C(=O)O)N1CC(Oc2ccccc2Cl)=CC1=O. The molecule has 2 rings (SSSR count). The van der Waals surface area contributed by atoms with Crippen LogP contribution in [0, 0.1) is 5.92 Å². The van der Waals surface area contributed by atoms with E-state index in [0.29, 0.717) is 23.0 Å². The molecular weight excluding hydrogens is 318 g/mol. The minimum atomic E-state index is -0.994. The zero-order chi connectivity index (χ0) is 17.0. The molecule has 1 N–H and O–H groups in total. The van der Waals surface area contributed by atoms with E-state index < -0.39 is 12.0 Å². The number of para-hydroxylation sites is 1. The third-order valence-electron chi connectivity index (χ3n) is 3.96. The van der Waals surface area contributed by atoms with Crippen molar-refractivity contribution in [2.24, 2.45) is 5.92 Å². The summed E-state index contributed by atoms with van der Waals surface area (Å²) in [5.41, 5.74) is 0. The lowest BCUT2D eigenvalue weighted by atomic mass is 9.98. The Morgan fingerprint density at radius 1 is 1.43 bits per heavy atom. The van der Waals surface area contributed by atoms with Crippen molar-refractivity contribution in [2.45, 2.75) is 32.7 Å². The maximum Gasteiger partial charge on any atom is 0.326 e. The van der Waals surface area contributed by atoms with Gasteiger partial charge in [0.2, 0.25) is 0 Å². The fourth-order valence-corrected chi connectivity index (χ4v) is 2.59. The van der Waals surface area contributed by atoms with E-state index in [9.17, 15) is 14.7 Å². The van der Waals surface area contributed by atoms with Crippen LogP contribution in [0.3, 0.4) is 0 Å². The van der Waals surface area contributed by atoms with Crippen LogP contribution in [0.2, 0.25) is 5.02 Å². The van der Waals surface area contributed by atoms with Crippen molar-refractivity contribution < 1.29 is 19.4 Å². The number of halogens is 1. The van der Waals surface area contributed by atoms with Crippen LogP contribution in [0.4, 0.5) is 0 Å². The Morgan fingerprint density at radius 3 is 2.74 bits per heavy atom. The van der Waals surface area contributed by atoms with Gasteiger partial charge in [0.1, 0.15) is 17.6 Å². The number of nitrogens with zero attached hydrogens (tertiary/aromatic N) is 1. The number of carbonyl (C=O) groups excluding carboxylic acids is 1. The number of carboxylic acids is 1. The third kappa shape index (κ3) is 4.26. The van der Waals surface area contributed by atoms with Gasteiger partial charge in [-0.25, -0.2) is 4.79 Å². The van der Waals surface area contributed by atoms with Gasteiger partial charge in [-0.1, -0.05) is 44.0 Å². The van der Waals surface area contributed by atoms with Gasteiger partial charge in [0, 0.05) is 6.08 Å². The first-order valence-corrected chi connectivity index (χ1v) is 7.96. The molecule has 0 saturated heterocycles. The molecule has 2 atom stereocenters. The monoisotopic (exact) mass is 337 g/mol. The number of carboxylic acid groups (broad SMARTS) is 1. The molecule has 1 aromatic carbocycles. The second-order valence-electron chi connectivity index (χ2n) is 5.71. The highest BCUT2D eigenvalue weighted by atomic mass is 35.5. The standard InChI is InChI=1S/C17H20ClNO4/c1-3-11(2)8-14(17(21)22)19-10-12(9-16(19)20)23-15-7-5-4-6-13(15)18/h4-7,9,11,14H,3,8,10H2,1-2H3,(H,21,22)/t11?,14-/m1/s1. The van der Waals surface area contributed by atoms with Crippen LogP contribution in [0.15, 0.2) is 36.1 Å². The smallest absolute Gasteiger partial charge is 0.326 e. The summed E-state index contributed by atoms with van der Waals surface area (Å²) in [4.78, 5) is 25.0. The summed E-state index contributed by atoms with van der Waals surface area (Å²) in [5, 5.41) is 9.88. The van der Waals surface area contributed by atoms with Crippen molar-refractivity contribution in [1.82, 2.24) is 4.90 Å². The molecule has 0 aliphatic carbocycles. The topological polar surface area (TPSA) is 66.8 Å². The molecule has 5 nitrogen and oxygen atoms in total. The molecule has 1 aliphatic heterocycles. The number of rotatable bonds is 7. The van der Waals surface area contributed by atoms with Gasteiger partial charge >= 0.3 is 5.97 Å².